The van der Waals surface area contributed by atoms with Crippen molar-refractivity contribution in [1.29, 1.82) is 0 Å². The molecule has 0 fully saturated rings. The molecule has 0 amide bonds. The second-order valence-electron chi connectivity index (χ2n) is 8.53. The monoisotopic (exact) mass is 460 g/mol. The van der Waals surface area contributed by atoms with E-state index >= 15 is 0 Å². The maximum atomic E-state index is 13.3. The van der Waals surface area contributed by atoms with Gasteiger partial charge in [0.1, 0.15) is 0 Å². The molecule has 0 aliphatic rings. The predicted molar refractivity (Wildman–Crippen MR) is 139 cm³/mol. The number of fused-ring (bicyclic) bond motifs is 3. The molecule has 5 nitrogen and oxygen atoms in total. The van der Waals surface area contributed by atoms with Crippen LogP contribution >= 0.6 is 0 Å². The molecule has 0 aliphatic carbocycles. The Labute approximate surface area is 203 Å². The van der Waals surface area contributed by atoms with Crippen LogP contribution in [0.2, 0.25) is 0 Å². The zero-order chi connectivity index (χ0) is 24.5. The number of carbonyl (C=O) groups is 2. The predicted octanol–water partition coefficient (Wildman–Crippen LogP) is 6.61. The number of hydrogen-bond donors (Lipinski definition) is 0. The van der Waals surface area contributed by atoms with Gasteiger partial charge in [0, 0.05) is 34.5 Å². The van der Waals surface area contributed by atoms with Crippen LogP contribution < -0.4 is 0 Å². The molecular formula is C30H24N2O3. The Morgan fingerprint density at radius 2 is 1.40 bits per heavy atom. The van der Waals surface area contributed by atoms with Crippen LogP contribution in [0.4, 0.5) is 0 Å². The van der Waals surface area contributed by atoms with Crippen molar-refractivity contribution in [3.05, 3.63) is 113 Å². The second kappa shape index (κ2) is 9.03. The van der Waals surface area contributed by atoms with Crippen LogP contribution in [0, 0.1) is 6.92 Å². The van der Waals surface area contributed by atoms with E-state index in [0.717, 1.165) is 44.2 Å². The molecule has 0 unspecified atom stereocenters. The quantitative estimate of drug-likeness (QED) is 0.128. The smallest absolute Gasteiger partial charge is 0.318 e. The van der Waals surface area contributed by atoms with Crippen molar-refractivity contribution in [2.75, 3.05) is 0 Å². The summed E-state index contributed by atoms with van der Waals surface area (Å²) in [4.78, 5) is 29.1. The molecule has 0 aliphatic heterocycles. The Morgan fingerprint density at radius 3 is 2.14 bits per heavy atom. The normalized spacial score (nSPS) is 11.7. The molecule has 0 saturated heterocycles. The molecular weight excluding hydrogens is 436 g/mol. The first-order chi connectivity index (χ1) is 16.9. The lowest BCUT2D eigenvalue weighted by Crippen LogP contribution is -2.03. The molecule has 35 heavy (non-hydrogen) atoms. The van der Waals surface area contributed by atoms with Gasteiger partial charge in [-0.05, 0) is 61.4 Å². The van der Waals surface area contributed by atoms with Gasteiger partial charge in [-0.1, -0.05) is 59.8 Å². The molecule has 172 valence electrons. The first-order valence-electron chi connectivity index (χ1n) is 11.4. The lowest BCUT2D eigenvalue weighted by atomic mass is 9.98. The van der Waals surface area contributed by atoms with Gasteiger partial charge in [0.25, 0.3) is 0 Å². The van der Waals surface area contributed by atoms with Crippen LogP contribution in [0.15, 0.2) is 96.2 Å². The first kappa shape index (κ1) is 22.3. The van der Waals surface area contributed by atoms with Gasteiger partial charge in [-0.15, -0.1) is 0 Å². The molecule has 1 heterocycles. The molecule has 0 saturated carbocycles. The van der Waals surface area contributed by atoms with Gasteiger partial charge in [-0.25, -0.2) is 4.79 Å². The van der Waals surface area contributed by atoms with Gasteiger partial charge >= 0.3 is 5.97 Å². The summed E-state index contributed by atoms with van der Waals surface area (Å²) in [5.74, 6) is -0.430. The van der Waals surface area contributed by atoms with Crippen LogP contribution in [0.1, 0.15) is 40.9 Å². The minimum atomic E-state index is -0.452. The van der Waals surface area contributed by atoms with E-state index < -0.39 is 5.97 Å². The number of benzene rings is 4. The standard InChI is InChI=1S/C30H24N2O3/c1-19-8-4-5-9-25(19)30(34)23-14-17-29-27(18-23)26-10-6-7-11-28(26)32(29)24-15-12-22(13-16-24)20(2)31-35-21(3)33/h4-18H,1-3H3/b31-20+. The third-order valence-corrected chi connectivity index (χ3v) is 6.18. The topological polar surface area (TPSA) is 60.7 Å². The molecule has 5 aromatic rings. The molecule has 5 heteroatoms. The number of para-hydroxylation sites is 1. The van der Waals surface area contributed by atoms with E-state index in [4.69, 9.17) is 4.84 Å². The van der Waals surface area contributed by atoms with Crippen LogP contribution in [0.3, 0.4) is 0 Å². The molecule has 1 aromatic heterocycles. The van der Waals surface area contributed by atoms with E-state index in [1.165, 1.54) is 6.92 Å². The first-order valence-corrected chi connectivity index (χ1v) is 11.4. The highest BCUT2D eigenvalue weighted by Gasteiger charge is 2.16. The Hall–Kier alpha value is -4.51. The van der Waals surface area contributed by atoms with E-state index in [9.17, 15) is 9.59 Å². The number of ketones is 1. The van der Waals surface area contributed by atoms with Gasteiger partial charge < -0.3 is 9.40 Å². The fraction of sp³-hybridized carbons (Fsp3) is 0.100. The Morgan fingerprint density at radius 1 is 0.743 bits per heavy atom. The minimum Gasteiger partial charge on any atom is -0.318 e. The van der Waals surface area contributed by atoms with Crippen LogP contribution in [0.25, 0.3) is 27.5 Å². The van der Waals surface area contributed by atoms with E-state index in [0.29, 0.717) is 11.3 Å². The molecule has 0 N–H and O–H groups in total. The summed E-state index contributed by atoms with van der Waals surface area (Å²) >= 11 is 0. The molecule has 0 atom stereocenters. The van der Waals surface area contributed by atoms with Crippen molar-refractivity contribution in [3.8, 4) is 5.69 Å². The number of nitrogens with zero attached hydrogens (tertiary/aromatic N) is 2. The number of hydrogen-bond acceptors (Lipinski definition) is 4. The molecule has 0 bridgehead atoms. The zero-order valence-corrected chi connectivity index (χ0v) is 19.8. The molecule has 5 rings (SSSR count). The molecule has 0 radical (unpaired) electrons. The fourth-order valence-electron chi connectivity index (χ4n) is 4.41. The summed E-state index contributed by atoms with van der Waals surface area (Å²) < 4.78 is 2.19. The van der Waals surface area contributed by atoms with Crippen molar-refractivity contribution in [3.63, 3.8) is 0 Å². The third-order valence-electron chi connectivity index (χ3n) is 6.18. The summed E-state index contributed by atoms with van der Waals surface area (Å²) in [6.07, 6.45) is 0. The highest BCUT2D eigenvalue weighted by molar-refractivity contribution is 6.15. The Bertz CT molecular complexity index is 1630. The largest absolute Gasteiger partial charge is 0.331 e. The summed E-state index contributed by atoms with van der Waals surface area (Å²) in [6, 6.07) is 29.7. The summed E-state index contributed by atoms with van der Waals surface area (Å²) in [6.45, 7) is 5.08. The maximum absolute atomic E-state index is 13.3. The average molecular weight is 461 g/mol. The zero-order valence-electron chi connectivity index (χ0n) is 19.8. The van der Waals surface area contributed by atoms with Gasteiger partial charge in [0.2, 0.25) is 0 Å². The molecule has 4 aromatic carbocycles. The summed E-state index contributed by atoms with van der Waals surface area (Å²) in [5.41, 5.74) is 6.90. The summed E-state index contributed by atoms with van der Waals surface area (Å²) in [5, 5.41) is 5.98. The van der Waals surface area contributed by atoms with E-state index in [1.807, 2.05) is 85.8 Å². The highest BCUT2D eigenvalue weighted by Crippen LogP contribution is 2.33. The van der Waals surface area contributed by atoms with Crippen LogP contribution in [-0.4, -0.2) is 22.0 Å². The fourth-order valence-corrected chi connectivity index (χ4v) is 4.41. The number of aromatic nitrogens is 1. The van der Waals surface area contributed by atoms with E-state index in [2.05, 4.69) is 21.9 Å². The lowest BCUT2D eigenvalue weighted by Gasteiger charge is -2.10. The van der Waals surface area contributed by atoms with Crippen molar-refractivity contribution >= 4 is 39.3 Å². The third kappa shape index (κ3) is 4.13. The Balaban J connectivity index is 1.61. The van der Waals surface area contributed by atoms with E-state index in [1.54, 1.807) is 6.92 Å². The average Bonchev–Trinajstić information content (AvgIpc) is 3.21. The van der Waals surface area contributed by atoms with Crippen LogP contribution in [-0.2, 0) is 9.63 Å². The second-order valence-corrected chi connectivity index (χ2v) is 8.53. The van der Waals surface area contributed by atoms with E-state index in [-0.39, 0.29) is 5.78 Å². The number of oxime groups is 1. The van der Waals surface area contributed by atoms with Crippen molar-refractivity contribution in [2.45, 2.75) is 20.8 Å². The number of carbonyl (C=O) groups excluding carboxylic acids is 2. The number of rotatable bonds is 5. The van der Waals surface area contributed by atoms with Gasteiger partial charge in [-0.3, -0.25) is 4.79 Å². The van der Waals surface area contributed by atoms with Gasteiger partial charge in [-0.2, -0.15) is 0 Å². The van der Waals surface area contributed by atoms with Crippen molar-refractivity contribution < 1.29 is 14.4 Å². The SMILES string of the molecule is CC(=O)O/N=C(\C)c1ccc(-n2c3ccccc3c3cc(C(=O)c4ccccc4C)ccc32)cc1. The molecule has 0 spiro atoms. The van der Waals surface area contributed by atoms with Crippen LogP contribution in [0.5, 0.6) is 0 Å². The van der Waals surface area contributed by atoms with Gasteiger partial charge in [0.05, 0.1) is 16.7 Å². The van der Waals surface area contributed by atoms with Gasteiger partial charge in [0.15, 0.2) is 5.78 Å². The number of aryl methyl sites for hydroxylation is 1. The summed E-state index contributed by atoms with van der Waals surface area (Å²) in [7, 11) is 0. The van der Waals surface area contributed by atoms with Crippen molar-refractivity contribution in [2.24, 2.45) is 5.16 Å². The lowest BCUT2D eigenvalue weighted by molar-refractivity contribution is -0.140. The minimum absolute atomic E-state index is 0.0220. The Kier molecular flexibility index (Phi) is 5.75. The highest BCUT2D eigenvalue weighted by atomic mass is 16.7. The maximum Gasteiger partial charge on any atom is 0.331 e. The van der Waals surface area contributed by atoms with Crippen molar-refractivity contribution in [1.82, 2.24) is 4.57 Å².